The molecule has 0 saturated carbocycles. The average molecular weight is 368 g/mol. The molecule has 3 aromatic rings. The molecule has 0 spiro atoms. The number of aromatic nitrogens is 1. The molecule has 5 heteroatoms. The zero-order chi connectivity index (χ0) is 18.7. The number of rotatable bonds is 6. The molecule has 0 radical (unpaired) electrons. The van der Waals surface area contributed by atoms with Crippen LogP contribution in [0.25, 0.3) is 10.2 Å². The van der Waals surface area contributed by atoms with Crippen molar-refractivity contribution in [1.82, 2.24) is 9.88 Å². The minimum atomic E-state index is 0.0136. The molecule has 1 heterocycles. The van der Waals surface area contributed by atoms with Gasteiger partial charge in [0.2, 0.25) is 0 Å². The van der Waals surface area contributed by atoms with Crippen LogP contribution in [0.5, 0.6) is 0 Å². The van der Waals surface area contributed by atoms with Gasteiger partial charge in [-0.1, -0.05) is 42.5 Å². The van der Waals surface area contributed by atoms with Crippen molar-refractivity contribution in [3.63, 3.8) is 0 Å². The molecular weight excluding hydrogens is 342 g/mol. The molecule has 0 N–H and O–H groups in total. The molecule has 1 amide bonds. The lowest BCUT2D eigenvalue weighted by Crippen LogP contribution is -2.37. The molecule has 0 aliphatic rings. The van der Waals surface area contributed by atoms with E-state index in [-0.39, 0.29) is 5.91 Å². The number of hydrogen-bond acceptors (Lipinski definition) is 4. The molecule has 2 aromatic carbocycles. The lowest BCUT2D eigenvalue weighted by Gasteiger charge is -2.22. The predicted molar refractivity (Wildman–Crippen MR) is 110 cm³/mol. The van der Waals surface area contributed by atoms with Crippen molar-refractivity contribution >= 4 is 32.6 Å². The van der Waals surface area contributed by atoms with Crippen molar-refractivity contribution in [3.8, 4) is 0 Å². The molecule has 0 fully saturated rings. The maximum atomic E-state index is 13.3. The zero-order valence-corrected chi connectivity index (χ0v) is 16.6. The largest absolute Gasteiger partial charge is 0.308 e. The molecule has 0 saturated heterocycles. The molecule has 0 aliphatic heterocycles. The molecule has 0 unspecified atom stereocenters. The van der Waals surface area contributed by atoms with Crippen molar-refractivity contribution in [2.75, 3.05) is 32.1 Å². The second-order valence-electron chi connectivity index (χ2n) is 6.73. The van der Waals surface area contributed by atoms with Crippen LogP contribution in [-0.4, -0.2) is 43.0 Å². The Labute approximate surface area is 159 Å². The van der Waals surface area contributed by atoms with E-state index in [1.807, 2.05) is 50.2 Å². The number of thiazole rings is 1. The number of likely N-dealkylation sites (N-methyl/N-ethyl adjacent to an activating group) is 1. The average Bonchev–Trinajstić information content (AvgIpc) is 3.04. The Morgan fingerprint density at radius 1 is 1.12 bits per heavy atom. The van der Waals surface area contributed by atoms with Gasteiger partial charge in [0.05, 0.1) is 10.2 Å². The van der Waals surface area contributed by atoms with Crippen LogP contribution in [0.3, 0.4) is 0 Å². The van der Waals surface area contributed by atoms with E-state index in [4.69, 9.17) is 4.98 Å². The number of anilines is 1. The SMILES string of the molecule is CCc1ccc2nc(N(CCN(C)C)C(=O)c3ccccc3C)sc2c1. The lowest BCUT2D eigenvalue weighted by molar-refractivity contribution is 0.0984. The van der Waals surface area contributed by atoms with Gasteiger partial charge in [-0.2, -0.15) is 0 Å². The maximum absolute atomic E-state index is 13.3. The van der Waals surface area contributed by atoms with Crippen LogP contribution in [0, 0.1) is 6.92 Å². The standard InChI is InChI=1S/C21H25N3OS/c1-5-16-10-11-18-19(14-16)26-21(22-18)24(13-12-23(3)4)20(25)17-9-7-6-8-15(17)2/h6-11,14H,5,12-13H2,1-4H3. The molecule has 26 heavy (non-hydrogen) atoms. The van der Waals surface area contributed by atoms with E-state index in [0.29, 0.717) is 6.54 Å². The molecule has 4 nitrogen and oxygen atoms in total. The highest BCUT2D eigenvalue weighted by Gasteiger charge is 2.22. The third-order valence-electron chi connectivity index (χ3n) is 4.47. The van der Waals surface area contributed by atoms with E-state index in [1.165, 1.54) is 5.56 Å². The Balaban J connectivity index is 2.00. The quantitative estimate of drug-likeness (QED) is 0.649. The van der Waals surface area contributed by atoms with Gasteiger partial charge in [0, 0.05) is 18.7 Å². The predicted octanol–water partition coefficient (Wildman–Crippen LogP) is 4.38. The van der Waals surface area contributed by atoms with Crippen LogP contribution in [0.2, 0.25) is 0 Å². The van der Waals surface area contributed by atoms with Gasteiger partial charge in [-0.3, -0.25) is 9.69 Å². The molecule has 0 aliphatic carbocycles. The first-order valence-corrected chi connectivity index (χ1v) is 9.73. The summed E-state index contributed by atoms with van der Waals surface area (Å²) in [5, 5.41) is 0.767. The van der Waals surface area contributed by atoms with Gasteiger partial charge in [-0.05, 0) is 56.8 Å². The zero-order valence-electron chi connectivity index (χ0n) is 15.8. The number of nitrogens with zero attached hydrogens (tertiary/aromatic N) is 3. The number of amides is 1. The minimum Gasteiger partial charge on any atom is -0.308 e. The Bertz CT molecular complexity index is 917. The number of carbonyl (C=O) groups excluding carboxylic acids is 1. The molecule has 3 rings (SSSR count). The van der Waals surface area contributed by atoms with Crippen LogP contribution in [0.1, 0.15) is 28.4 Å². The second kappa shape index (κ2) is 7.98. The first kappa shape index (κ1) is 18.5. The van der Waals surface area contributed by atoms with Gasteiger partial charge < -0.3 is 4.90 Å². The van der Waals surface area contributed by atoms with Crippen molar-refractivity contribution in [3.05, 3.63) is 59.2 Å². The van der Waals surface area contributed by atoms with Gasteiger partial charge in [0.1, 0.15) is 0 Å². The molecule has 1 aromatic heterocycles. The topological polar surface area (TPSA) is 36.4 Å². The molecule has 136 valence electrons. The van der Waals surface area contributed by atoms with Gasteiger partial charge in [-0.25, -0.2) is 4.98 Å². The summed E-state index contributed by atoms with van der Waals surface area (Å²) in [7, 11) is 4.03. The van der Waals surface area contributed by atoms with Gasteiger partial charge in [-0.15, -0.1) is 0 Å². The van der Waals surface area contributed by atoms with Crippen molar-refractivity contribution < 1.29 is 4.79 Å². The van der Waals surface area contributed by atoms with Crippen LogP contribution < -0.4 is 4.90 Å². The van der Waals surface area contributed by atoms with Crippen molar-refractivity contribution in [2.24, 2.45) is 0 Å². The third kappa shape index (κ3) is 3.94. The van der Waals surface area contributed by atoms with Crippen LogP contribution >= 0.6 is 11.3 Å². The summed E-state index contributed by atoms with van der Waals surface area (Å²) in [5.74, 6) is 0.0136. The minimum absolute atomic E-state index is 0.0136. The van der Waals surface area contributed by atoms with Crippen molar-refractivity contribution in [2.45, 2.75) is 20.3 Å². The van der Waals surface area contributed by atoms with E-state index in [1.54, 1.807) is 11.3 Å². The highest BCUT2D eigenvalue weighted by Crippen LogP contribution is 2.31. The fraction of sp³-hybridized carbons (Fsp3) is 0.333. The van der Waals surface area contributed by atoms with Gasteiger partial charge >= 0.3 is 0 Å². The van der Waals surface area contributed by atoms with Crippen LogP contribution in [0.15, 0.2) is 42.5 Å². The first-order valence-electron chi connectivity index (χ1n) is 8.91. The lowest BCUT2D eigenvalue weighted by atomic mass is 10.1. The summed E-state index contributed by atoms with van der Waals surface area (Å²) in [5.41, 5.74) is 3.97. The summed E-state index contributed by atoms with van der Waals surface area (Å²) in [4.78, 5) is 21.9. The number of fused-ring (bicyclic) bond motifs is 1. The normalized spacial score (nSPS) is 11.3. The van der Waals surface area contributed by atoms with Gasteiger partial charge in [0.25, 0.3) is 5.91 Å². The fourth-order valence-corrected chi connectivity index (χ4v) is 3.89. The second-order valence-corrected chi connectivity index (χ2v) is 7.74. The summed E-state index contributed by atoms with van der Waals surface area (Å²) in [6.07, 6.45) is 0.996. The first-order chi connectivity index (χ1) is 12.5. The van der Waals surface area contributed by atoms with Crippen LogP contribution in [0.4, 0.5) is 5.13 Å². The van der Waals surface area contributed by atoms with E-state index in [9.17, 15) is 4.79 Å². The Hall–Kier alpha value is -2.24. The summed E-state index contributed by atoms with van der Waals surface area (Å²) in [6.45, 7) is 5.52. The molecular formula is C21H25N3OS. The monoisotopic (exact) mass is 367 g/mol. The van der Waals surface area contributed by atoms with E-state index in [2.05, 4.69) is 30.0 Å². The maximum Gasteiger partial charge on any atom is 0.260 e. The number of carbonyl (C=O) groups is 1. The Morgan fingerprint density at radius 2 is 1.88 bits per heavy atom. The highest BCUT2D eigenvalue weighted by molar-refractivity contribution is 7.22. The Morgan fingerprint density at radius 3 is 2.58 bits per heavy atom. The fourth-order valence-electron chi connectivity index (χ4n) is 2.83. The highest BCUT2D eigenvalue weighted by atomic mass is 32.1. The number of aryl methyl sites for hydroxylation is 2. The molecule has 0 bridgehead atoms. The number of benzene rings is 2. The van der Waals surface area contributed by atoms with Gasteiger partial charge in [0.15, 0.2) is 5.13 Å². The van der Waals surface area contributed by atoms with E-state index >= 15 is 0 Å². The van der Waals surface area contributed by atoms with E-state index < -0.39 is 0 Å². The van der Waals surface area contributed by atoms with Crippen LogP contribution in [-0.2, 0) is 6.42 Å². The summed E-state index contributed by atoms with van der Waals surface area (Å²) in [6, 6.07) is 14.1. The summed E-state index contributed by atoms with van der Waals surface area (Å²) >= 11 is 1.59. The third-order valence-corrected chi connectivity index (χ3v) is 5.51. The Kier molecular flexibility index (Phi) is 5.69. The van der Waals surface area contributed by atoms with E-state index in [0.717, 1.165) is 39.4 Å². The summed E-state index contributed by atoms with van der Waals surface area (Å²) < 4.78 is 1.13. The smallest absolute Gasteiger partial charge is 0.260 e. The molecule has 0 atom stereocenters. The number of hydrogen-bond donors (Lipinski definition) is 0. The van der Waals surface area contributed by atoms with Crippen molar-refractivity contribution in [1.29, 1.82) is 0 Å².